The number of hydrazine groups is 1. The molecule has 2 aliphatic rings. The summed E-state index contributed by atoms with van der Waals surface area (Å²) < 4.78 is 10.5. The Hall–Kier alpha value is -2.58. The van der Waals surface area contributed by atoms with Crippen LogP contribution >= 0.6 is 0 Å². The minimum Gasteiger partial charge on any atom is -0.497 e. The van der Waals surface area contributed by atoms with Crippen LogP contribution in [0.1, 0.15) is 18.4 Å². The number of nitrogens with two attached hydrogens (primary N) is 1. The summed E-state index contributed by atoms with van der Waals surface area (Å²) in [5.41, 5.74) is 6.62. The normalized spacial score (nSPS) is 23.2. The standard InChI is InChI=1S/C18H23N3O5/c1-25-14-4-2-13(3-5-14)16-10-15(17(19)22)18(23)21(24)20(16)8-6-12-7-9-26-11-12/h2-5,10,12,15,24H,6-9,11H2,1H3,(H2,19,22). The number of benzene rings is 1. The maximum atomic E-state index is 12.3. The molecule has 0 aliphatic carbocycles. The molecule has 0 radical (unpaired) electrons. The van der Waals surface area contributed by atoms with E-state index in [-0.39, 0.29) is 0 Å². The molecule has 2 amide bonds. The Morgan fingerprint density at radius 1 is 1.38 bits per heavy atom. The highest BCUT2D eigenvalue weighted by Gasteiger charge is 2.37. The summed E-state index contributed by atoms with van der Waals surface area (Å²) >= 11 is 0. The number of hydrogen-bond donors (Lipinski definition) is 2. The number of amides is 2. The van der Waals surface area contributed by atoms with Gasteiger partial charge >= 0.3 is 0 Å². The molecule has 0 saturated carbocycles. The molecule has 140 valence electrons. The van der Waals surface area contributed by atoms with Crippen molar-refractivity contribution in [3.8, 4) is 5.75 Å². The van der Waals surface area contributed by atoms with Gasteiger partial charge in [-0.1, -0.05) is 0 Å². The van der Waals surface area contributed by atoms with E-state index < -0.39 is 17.7 Å². The van der Waals surface area contributed by atoms with Crippen LogP contribution in [0.15, 0.2) is 30.3 Å². The van der Waals surface area contributed by atoms with Gasteiger partial charge in [0.15, 0.2) is 0 Å². The third-order valence-corrected chi connectivity index (χ3v) is 4.76. The van der Waals surface area contributed by atoms with E-state index in [0.29, 0.717) is 35.7 Å². The van der Waals surface area contributed by atoms with Crippen LogP contribution in [0.5, 0.6) is 5.75 Å². The van der Waals surface area contributed by atoms with Crippen molar-refractivity contribution < 1.29 is 24.3 Å². The number of nitrogens with zero attached hydrogens (tertiary/aromatic N) is 2. The van der Waals surface area contributed by atoms with Gasteiger partial charge in [0.05, 0.1) is 12.8 Å². The van der Waals surface area contributed by atoms with Crippen molar-refractivity contribution in [2.45, 2.75) is 12.8 Å². The second-order valence-corrected chi connectivity index (χ2v) is 6.43. The molecule has 8 nitrogen and oxygen atoms in total. The number of hydroxylamine groups is 1. The maximum Gasteiger partial charge on any atom is 0.283 e. The number of primary amides is 1. The van der Waals surface area contributed by atoms with E-state index in [2.05, 4.69) is 0 Å². The Kier molecular flexibility index (Phi) is 5.43. The van der Waals surface area contributed by atoms with E-state index in [1.54, 1.807) is 31.4 Å². The molecule has 2 heterocycles. The smallest absolute Gasteiger partial charge is 0.283 e. The lowest BCUT2D eigenvalue weighted by molar-refractivity contribution is -0.225. The van der Waals surface area contributed by atoms with Crippen LogP contribution in [0, 0.1) is 11.8 Å². The fraction of sp³-hybridized carbons (Fsp3) is 0.444. The summed E-state index contributed by atoms with van der Waals surface area (Å²) in [7, 11) is 1.57. The average Bonchev–Trinajstić information content (AvgIpc) is 3.16. The van der Waals surface area contributed by atoms with Crippen LogP contribution in [-0.4, -0.2) is 54.1 Å². The lowest BCUT2D eigenvalue weighted by atomic mass is 9.99. The zero-order chi connectivity index (χ0) is 18.7. The molecule has 1 aromatic carbocycles. The van der Waals surface area contributed by atoms with Crippen molar-refractivity contribution in [1.82, 2.24) is 10.2 Å². The minimum absolute atomic E-state index is 0.379. The topological polar surface area (TPSA) is 105 Å². The van der Waals surface area contributed by atoms with Gasteiger partial charge in [0, 0.05) is 19.8 Å². The van der Waals surface area contributed by atoms with Gasteiger partial charge in [0.25, 0.3) is 5.91 Å². The van der Waals surface area contributed by atoms with E-state index in [4.69, 9.17) is 15.2 Å². The molecule has 0 bridgehead atoms. The Morgan fingerprint density at radius 3 is 2.69 bits per heavy atom. The fourth-order valence-electron chi connectivity index (χ4n) is 3.20. The number of carbonyl (C=O) groups is 2. The summed E-state index contributed by atoms with van der Waals surface area (Å²) in [6, 6.07) is 7.16. The number of ether oxygens (including phenoxy) is 2. The van der Waals surface area contributed by atoms with E-state index in [9.17, 15) is 14.8 Å². The second kappa shape index (κ2) is 7.76. The van der Waals surface area contributed by atoms with Gasteiger partial charge in [-0.25, -0.2) is 0 Å². The number of carbonyl (C=O) groups excluding carboxylic acids is 2. The highest BCUT2D eigenvalue weighted by Crippen LogP contribution is 2.30. The summed E-state index contributed by atoms with van der Waals surface area (Å²) in [6.45, 7) is 1.83. The van der Waals surface area contributed by atoms with Crippen molar-refractivity contribution in [1.29, 1.82) is 0 Å². The third-order valence-electron chi connectivity index (χ3n) is 4.76. The van der Waals surface area contributed by atoms with Crippen LogP contribution in [-0.2, 0) is 14.3 Å². The van der Waals surface area contributed by atoms with Crippen LogP contribution in [0.3, 0.4) is 0 Å². The quantitative estimate of drug-likeness (QED) is 0.579. The lowest BCUT2D eigenvalue weighted by Gasteiger charge is -2.38. The van der Waals surface area contributed by atoms with Crippen molar-refractivity contribution in [3.05, 3.63) is 35.9 Å². The Morgan fingerprint density at radius 2 is 2.12 bits per heavy atom. The van der Waals surface area contributed by atoms with Gasteiger partial charge in [-0.15, -0.1) is 5.17 Å². The minimum atomic E-state index is -1.21. The van der Waals surface area contributed by atoms with Crippen LogP contribution in [0.4, 0.5) is 0 Å². The summed E-state index contributed by atoms with van der Waals surface area (Å²) in [4.78, 5) is 23.9. The van der Waals surface area contributed by atoms with Crippen molar-refractivity contribution in [2.24, 2.45) is 17.6 Å². The van der Waals surface area contributed by atoms with E-state index >= 15 is 0 Å². The molecule has 1 aromatic rings. The van der Waals surface area contributed by atoms with Crippen molar-refractivity contribution in [3.63, 3.8) is 0 Å². The molecular weight excluding hydrogens is 338 g/mol. The fourth-order valence-corrected chi connectivity index (χ4v) is 3.20. The van der Waals surface area contributed by atoms with Crippen LogP contribution < -0.4 is 10.5 Å². The molecule has 3 rings (SSSR count). The molecule has 26 heavy (non-hydrogen) atoms. The van der Waals surface area contributed by atoms with Crippen molar-refractivity contribution >= 4 is 17.5 Å². The number of rotatable bonds is 6. The summed E-state index contributed by atoms with van der Waals surface area (Å²) in [6.07, 6.45) is 3.21. The first kappa shape index (κ1) is 18.2. The summed E-state index contributed by atoms with van der Waals surface area (Å²) in [5, 5.41) is 12.3. The third kappa shape index (κ3) is 3.66. The van der Waals surface area contributed by atoms with Gasteiger partial charge in [-0.2, -0.15) is 0 Å². The van der Waals surface area contributed by atoms with Gasteiger partial charge in [0.2, 0.25) is 5.91 Å². The second-order valence-electron chi connectivity index (χ2n) is 6.43. The molecule has 0 spiro atoms. The molecular formula is C18H23N3O5. The lowest BCUT2D eigenvalue weighted by Crippen LogP contribution is -2.52. The molecule has 2 aliphatic heterocycles. The molecule has 8 heteroatoms. The van der Waals surface area contributed by atoms with E-state index in [1.165, 1.54) is 11.1 Å². The van der Waals surface area contributed by atoms with Gasteiger partial charge in [-0.05, 0) is 54.7 Å². The zero-order valence-electron chi connectivity index (χ0n) is 14.6. The predicted molar refractivity (Wildman–Crippen MR) is 92.5 cm³/mol. The number of hydrogen-bond acceptors (Lipinski definition) is 6. The van der Waals surface area contributed by atoms with Gasteiger partial charge < -0.3 is 15.2 Å². The number of methoxy groups -OCH3 is 1. The van der Waals surface area contributed by atoms with Crippen LogP contribution in [0.2, 0.25) is 0 Å². The molecule has 3 N–H and O–H groups in total. The monoisotopic (exact) mass is 361 g/mol. The molecule has 0 aromatic heterocycles. The van der Waals surface area contributed by atoms with Crippen LogP contribution in [0.25, 0.3) is 5.70 Å². The van der Waals surface area contributed by atoms with Gasteiger partial charge in [-0.3, -0.25) is 19.8 Å². The SMILES string of the molecule is COc1ccc(C2=CC(C(N)=O)C(=O)N(O)N2CCC2CCOC2)cc1. The van der Waals surface area contributed by atoms with E-state index in [0.717, 1.165) is 25.0 Å². The maximum absolute atomic E-state index is 12.3. The predicted octanol–water partition coefficient (Wildman–Crippen LogP) is 1.01. The first-order valence-electron chi connectivity index (χ1n) is 8.55. The average molecular weight is 361 g/mol. The molecule has 2 unspecified atom stereocenters. The molecule has 1 fully saturated rings. The Balaban J connectivity index is 1.90. The molecule has 2 atom stereocenters. The van der Waals surface area contributed by atoms with Crippen molar-refractivity contribution in [2.75, 3.05) is 26.9 Å². The highest BCUT2D eigenvalue weighted by atomic mass is 16.6. The first-order valence-corrected chi connectivity index (χ1v) is 8.55. The summed E-state index contributed by atoms with van der Waals surface area (Å²) in [5.74, 6) is -1.70. The zero-order valence-corrected chi connectivity index (χ0v) is 14.6. The van der Waals surface area contributed by atoms with E-state index in [1.807, 2.05) is 0 Å². The first-order chi connectivity index (χ1) is 12.5. The van der Waals surface area contributed by atoms with Gasteiger partial charge in [0.1, 0.15) is 11.7 Å². The Bertz CT molecular complexity index is 697. The largest absolute Gasteiger partial charge is 0.497 e. The molecule has 1 saturated heterocycles. The highest BCUT2D eigenvalue weighted by molar-refractivity contribution is 6.03. The Labute approximate surface area is 151 Å².